The Labute approximate surface area is 109 Å². The van der Waals surface area contributed by atoms with E-state index in [0.717, 1.165) is 6.61 Å². The molecule has 1 N–H and O–H groups in total. The van der Waals surface area contributed by atoms with Crippen molar-refractivity contribution in [2.45, 2.75) is 70.6 Å². The van der Waals surface area contributed by atoms with Gasteiger partial charge in [-0.15, -0.1) is 0 Å². The van der Waals surface area contributed by atoms with Crippen molar-refractivity contribution in [2.75, 3.05) is 6.61 Å². The maximum Gasteiger partial charge on any atom is 0.407 e. The highest BCUT2D eigenvalue weighted by Gasteiger charge is 2.40. The Morgan fingerprint density at radius 3 is 2.39 bits per heavy atom. The minimum Gasteiger partial charge on any atom is -0.444 e. The average molecular weight is 255 g/mol. The van der Waals surface area contributed by atoms with E-state index < -0.39 is 5.60 Å². The maximum atomic E-state index is 11.9. The third-order valence-corrected chi connectivity index (χ3v) is 3.60. The number of nitrogens with one attached hydrogen (secondary N) is 1. The van der Waals surface area contributed by atoms with Crippen LogP contribution in [0.1, 0.15) is 52.9 Å². The minimum atomic E-state index is -0.439. The second-order valence-corrected chi connectivity index (χ2v) is 6.44. The van der Waals surface area contributed by atoms with Crippen LogP contribution < -0.4 is 5.32 Å². The zero-order valence-corrected chi connectivity index (χ0v) is 11.7. The zero-order valence-electron chi connectivity index (χ0n) is 11.7. The first-order valence-corrected chi connectivity index (χ1v) is 7.07. The fraction of sp³-hybridized carbons (Fsp3) is 0.929. The van der Waals surface area contributed by atoms with Crippen molar-refractivity contribution in [1.29, 1.82) is 0 Å². The summed E-state index contributed by atoms with van der Waals surface area (Å²) in [4.78, 5) is 11.9. The molecule has 0 bridgehead atoms. The summed E-state index contributed by atoms with van der Waals surface area (Å²) in [6.07, 6.45) is 6.14. The Morgan fingerprint density at radius 1 is 1.28 bits per heavy atom. The van der Waals surface area contributed by atoms with Crippen molar-refractivity contribution in [3.8, 4) is 0 Å². The van der Waals surface area contributed by atoms with Crippen LogP contribution in [0.25, 0.3) is 0 Å². The first kappa shape index (κ1) is 13.7. The third-order valence-electron chi connectivity index (χ3n) is 3.60. The molecular weight excluding hydrogens is 230 g/mol. The van der Waals surface area contributed by atoms with Gasteiger partial charge in [0.15, 0.2) is 0 Å². The molecule has 4 heteroatoms. The van der Waals surface area contributed by atoms with E-state index in [9.17, 15) is 4.79 Å². The van der Waals surface area contributed by atoms with Crippen molar-refractivity contribution in [1.82, 2.24) is 5.32 Å². The Bertz CT molecular complexity index is 288. The molecule has 0 radical (unpaired) electrons. The van der Waals surface area contributed by atoms with E-state index >= 15 is 0 Å². The number of amides is 1. The molecule has 2 fully saturated rings. The van der Waals surface area contributed by atoms with Crippen LogP contribution in [0.2, 0.25) is 0 Å². The normalized spacial score (nSPS) is 26.5. The van der Waals surface area contributed by atoms with E-state index in [1.807, 2.05) is 20.8 Å². The molecular formula is C14H25NO3. The summed E-state index contributed by atoms with van der Waals surface area (Å²) >= 11 is 0. The monoisotopic (exact) mass is 255 g/mol. The Balaban J connectivity index is 1.87. The van der Waals surface area contributed by atoms with Gasteiger partial charge in [0.1, 0.15) is 11.7 Å². The SMILES string of the molecule is CC(C)(C)OC(=O)NC(C1CCCCC1)[C@H]1CO1. The number of hydrogen-bond donors (Lipinski definition) is 1. The summed E-state index contributed by atoms with van der Waals surface area (Å²) in [5.74, 6) is 0.554. The van der Waals surface area contributed by atoms with Crippen molar-refractivity contribution in [3.63, 3.8) is 0 Å². The molecule has 1 saturated carbocycles. The molecule has 2 atom stereocenters. The highest BCUT2D eigenvalue weighted by atomic mass is 16.6. The van der Waals surface area contributed by atoms with Gasteiger partial charge < -0.3 is 14.8 Å². The Hall–Kier alpha value is -0.770. The molecule has 0 aromatic rings. The molecule has 1 unspecified atom stereocenters. The fourth-order valence-electron chi connectivity index (χ4n) is 2.71. The van der Waals surface area contributed by atoms with Gasteiger partial charge in [0, 0.05) is 0 Å². The van der Waals surface area contributed by atoms with Gasteiger partial charge in [-0.05, 0) is 39.5 Å². The van der Waals surface area contributed by atoms with Crippen molar-refractivity contribution < 1.29 is 14.3 Å². The van der Waals surface area contributed by atoms with Gasteiger partial charge in [-0.3, -0.25) is 0 Å². The number of carbonyl (C=O) groups is 1. The van der Waals surface area contributed by atoms with Crippen molar-refractivity contribution >= 4 is 6.09 Å². The summed E-state index contributed by atoms with van der Waals surface area (Å²) in [5.41, 5.74) is -0.439. The molecule has 1 amide bonds. The quantitative estimate of drug-likeness (QED) is 0.789. The molecule has 1 aliphatic carbocycles. The van der Waals surface area contributed by atoms with Gasteiger partial charge >= 0.3 is 6.09 Å². The van der Waals surface area contributed by atoms with Crippen LogP contribution in [0.4, 0.5) is 4.79 Å². The molecule has 18 heavy (non-hydrogen) atoms. The predicted molar refractivity (Wildman–Crippen MR) is 69.5 cm³/mol. The summed E-state index contributed by atoms with van der Waals surface area (Å²) in [5, 5.41) is 3.02. The summed E-state index contributed by atoms with van der Waals surface area (Å²) < 4.78 is 10.7. The number of carbonyl (C=O) groups excluding carboxylic acids is 1. The van der Waals surface area contributed by atoms with Crippen LogP contribution in [0.5, 0.6) is 0 Å². The van der Waals surface area contributed by atoms with Gasteiger partial charge in [0.2, 0.25) is 0 Å². The van der Waals surface area contributed by atoms with Gasteiger partial charge in [0.05, 0.1) is 12.6 Å². The van der Waals surface area contributed by atoms with Gasteiger partial charge in [-0.1, -0.05) is 19.3 Å². The lowest BCUT2D eigenvalue weighted by atomic mass is 9.83. The molecule has 4 nitrogen and oxygen atoms in total. The molecule has 0 spiro atoms. The molecule has 2 rings (SSSR count). The average Bonchev–Trinajstić information content (AvgIpc) is 3.08. The van der Waals surface area contributed by atoms with E-state index in [4.69, 9.17) is 9.47 Å². The van der Waals surface area contributed by atoms with Crippen LogP contribution in [0.15, 0.2) is 0 Å². The van der Waals surface area contributed by atoms with Crippen LogP contribution in [-0.2, 0) is 9.47 Å². The zero-order chi connectivity index (χ0) is 13.2. The number of epoxide rings is 1. The summed E-state index contributed by atoms with van der Waals surface area (Å²) in [6, 6.07) is 0.139. The minimum absolute atomic E-state index is 0.139. The van der Waals surface area contributed by atoms with Crippen LogP contribution in [-0.4, -0.2) is 30.4 Å². The lowest BCUT2D eigenvalue weighted by Gasteiger charge is -2.30. The molecule has 104 valence electrons. The standard InChI is InChI=1S/C14H25NO3/c1-14(2,3)18-13(16)15-12(11-9-17-11)10-7-5-4-6-8-10/h10-12H,4-9H2,1-3H3,(H,15,16)/t11-,12?/m1/s1. The van der Waals surface area contributed by atoms with E-state index in [2.05, 4.69) is 5.32 Å². The third kappa shape index (κ3) is 4.16. The van der Waals surface area contributed by atoms with Crippen molar-refractivity contribution in [2.24, 2.45) is 5.92 Å². The molecule has 1 heterocycles. The van der Waals surface area contributed by atoms with Crippen LogP contribution in [0, 0.1) is 5.92 Å². The fourth-order valence-corrected chi connectivity index (χ4v) is 2.71. The highest BCUT2D eigenvalue weighted by molar-refractivity contribution is 5.68. The largest absolute Gasteiger partial charge is 0.444 e. The smallest absolute Gasteiger partial charge is 0.407 e. The molecule has 1 aliphatic heterocycles. The molecule has 0 aromatic carbocycles. The molecule has 0 aromatic heterocycles. The van der Waals surface area contributed by atoms with E-state index in [0.29, 0.717) is 5.92 Å². The predicted octanol–water partition coefficient (Wildman–Crippen LogP) is 2.86. The second-order valence-electron chi connectivity index (χ2n) is 6.44. The van der Waals surface area contributed by atoms with E-state index in [-0.39, 0.29) is 18.2 Å². The van der Waals surface area contributed by atoms with Crippen molar-refractivity contribution in [3.05, 3.63) is 0 Å². The first-order chi connectivity index (χ1) is 8.46. The number of rotatable bonds is 3. The topological polar surface area (TPSA) is 50.9 Å². The second kappa shape index (κ2) is 5.47. The Kier molecular flexibility index (Phi) is 4.15. The molecule has 2 aliphatic rings. The van der Waals surface area contributed by atoms with Gasteiger partial charge in [0.25, 0.3) is 0 Å². The lowest BCUT2D eigenvalue weighted by molar-refractivity contribution is 0.0462. The highest BCUT2D eigenvalue weighted by Crippen LogP contribution is 2.32. The summed E-state index contributed by atoms with van der Waals surface area (Å²) in [6.45, 7) is 6.43. The first-order valence-electron chi connectivity index (χ1n) is 7.07. The van der Waals surface area contributed by atoms with Crippen LogP contribution >= 0.6 is 0 Å². The maximum absolute atomic E-state index is 11.9. The van der Waals surface area contributed by atoms with Crippen LogP contribution in [0.3, 0.4) is 0 Å². The lowest BCUT2D eigenvalue weighted by Crippen LogP contribution is -2.46. The number of hydrogen-bond acceptors (Lipinski definition) is 3. The van der Waals surface area contributed by atoms with Gasteiger partial charge in [-0.2, -0.15) is 0 Å². The Morgan fingerprint density at radius 2 is 1.89 bits per heavy atom. The number of alkyl carbamates (subject to hydrolysis) is 1. The molecule has 1 saturated heterocycles. The van der Waals surface area contributed by atoms with E-state index in [1.54, 1.807) is 0 Å². The van der Waals surface area contributed by atoms with E-state index in [1.165, 1.54) is 32.1 Å². The summed E-state index contributed by atoms with van der Waals surface area (Å²) in [7, 11) is 0. The van der Waals surface area contributed by atoms with Gasteiger partial charge in [-0.25, -0.2) is 4.79 Å². The number of ether oxygens (including phenoxy) is 2.